The number of para-hydroxylation sites is 1. The van der Waals surface area contributed by atoms with Crippen molar-refractivity contribution < 1.29 is 0 Å². The fraction of sp³-hybridized carbons (Fsp3) is 0.0476. The smallest absolute Gasteiger partial charge is 0.0544 e. The third-order valence-corrected chi connectivity index (χ3v) is 3.70. The van der Waals surface area contributed by atoms with Crippen molar-refractivity contribution in [2.45, 2.75) is 6.92 Å². The molecule has 0 saturated heterocycles. The quantitative estimate of drug-likeness (QED) is 0.567. The summed E-state index contributed by atoms with van der Waals surface area (Å²) in [6.45, 7) is 5.89. The molecule has 22 heavy (non-hydrogen) atoms. The van der Waals surface area contributed by atoms with Crippen molar-refractivity contribution in [3.05, 3.63) is 91.0 Å². The first-order valence-corrected chi connectivity index (χ1v) is 7.47. The minimum absolute atomic E-state index is 1.15. The van der Waals surface area contributed by atoms with Gasteiger partial charge in [0.15, 0.2) is 0 Å². The van der Waals surface area contributed by atoms with E-state index < -0.39 is 0 Å². The lowest BCUT2D eigenvalue weighted by atomic mass is 9.97. The molecule has 1 heteroatoms. The standard InChI is InChI=1S/C21H19N/c1-3-10-16(11-4-2)20-18-14-8-9-15-19(18)22-21(20)17-12-6-5-7-13-17/h3-15,22H,1H2,2H3/b11-4-,16-10+. The van der Waals surface area contributed by atoms with Gasteiger partial charge in [-0.1, -0.05) is 79.4 Å². The molecule has 0 spiro atoms. The molecule has 3 rings (SSSR count). The first kappa shape index (κ1) is 14.2. The van der Waals surface area contributed by atoms with Crippen LogP contribution in [0.3, 0.4) is 0 Å². The van der Waals surface area contributed by atoms with Gasteiger partial charge < -0.3 is 4.98 Å². The highest BCUT2D eigenvalue weighted by atomic mass is 14.7. The van der Waals surface area contributed by atoms with Gasteiger partial charge in [0.25, 0.3) is 0 Å². The summed E-state index contributed by atoms with van der Waals surface area (Å²) in [5, 5.41) is 1.23. The Balaban J connectivity index is 2.35. The van der Waals surface area contributed by atoms with Crippen LogP contribution in [0.15, 0.2) is 85.5 Å². The molecule has 0 fully saturated rings. The Morgan fingerprint density at radius 3 is 2.45 bits per heavy atom. The molecule has 2 aromatic carbocycles. The monoisotopic (exact) mass is 285 g/mol. The Hall–Kier alpha value is -2.80. The summed E-state index contributed by atoms with van der Waals surface area (Å²) < 4.78 is 0. The van der Waals surface area contributed by atoms with Crippen molar-refractivity contribution in [3.8, 4) is 11.3 Å². The lowest BCUT2D eigenvalue weighted by Crippen LogP contribution is -1.85. The number of rotatable bonds is 4. The van der Waals surface area contributed by atoms with Crippen molar-refractivity contribution in [1.29, 1.82) is 0 Å². The summed E-state index contributed by atoms with van der Waals surface area (Å²) in [6.07, 6.45) is 8.09. The van der Waals surface area contributed by atoms with Crippen molar-refractivity contribution >= 4 is 16.5 Å². The van der Waals surface area contributed by atoms with Crippen molar-refractivity contribution in [2.75, 3.05) is 0 Å². The molecule has 1 N–H and O–H groups in total. The van der Waals surface area contributed by atoms with E-state index in [1.807, 2.05) is 19.1 Å². The Labute approximate surface area is 131 Å². The zero-order chi connectivity index (χ0) is 15.4. The molecule has 0 aliphatic carbocycles. The third-order valence-electron chi connectivity index (χ3n) is 3.70. The maximum absolute atomic E-state index is 3.85. The number of aromatic amines is 1. The minimum Gasteiger partial charge on any atom is -0.354 e. The van der Waals surface area contributed by atoms with Gasteiger partial charge in [0, 0.05) is 16.5 Å². The number of fused-ring (bicyclic) bond motifs is 1. The Kier molecular flexibility index (Phi) is 4.06. The van der Waals surface area contributed by atoms with Crippen LogP contribution in [0.25, 0.3) is 27.7 Å². The van der Waals surface area contributed by atoms with Crippen molar-refractivity contribution in [1.82, 2.24) is 4.98 Å². The summed E-state index contributed by atoms with van der Waals surface area (Å²) in [6, 6.07) is 18.9. The van der Waals surface area contributed by atoms with Gasteiger partial charge in [-0.2, -0.15) is 0 Å². The molecule has 0 aliphatic rings. The van der Waals surface area contributed by atoms with Gasteiger partial charge >= 0.3 is 0 Å². The van der Waals surface area contributed by atoms with Gasteiger partial charge in [0.2, 0.25) is 0 Å². The molecule has 0 radical (unpaired) electrons. The van der Waals surface area contributed by atoms with Gasteiger partial charge in [-0.05, 0) is 24.1 Å². The number of hydrogen-bond donors (Lipinski definition) is 1. The van der Waals surface area contributed by atoms with Crippen LogP contribution >= 0.6 is 0 Å². The Morgan fingerprint density at radius 1 is 1.00 bits per heavy atom. The van der Waals surface area contributed by atoms with E-state index in [2.05, 4.69) is 78.3 Å². The van der Waals surface area contributed by atoms with Crippen molar-refractivity contribution in [2.24, 2.45) is 0 Å². The van der Waals surface area contributed by atoms with Crippen LogP contribution in [0.4, 0.5) is 0 Å². The molecule has 0 saturated carbocycles. The predicted octanol–water partition coefficient (Wildman–Crippen LogP) is 5.98. The summed E-state index contributed by atoms with van der Waals surface area (Å²) in [7, 11) is 0. The number of allylic oxidation sites excluding steroid dienone is 5. The number of aromatic nitrogens is 1. The molecule has 0 amide bonds. The second-order valence-electron chi connectivity index (χ2n) is 5.14. The normalized spacial score (nSPS) is 12.1. The first-order chi connectivity index (χ1) is 10.8. The minimum atomic E-state index is 1.15. The molecular weight excluding hydrogens is 266 g/mol. The van der Waals surface area contributed by atoms with E-state index in [4.69, 9.17) is 0 Å². The fourth-order valence-electron chi connectivity index (χ4n) is 2.79. The lowest BCUT2D eigenvalue weighted by Gasteiger charge is -2.06. The molecule has 0 unspecified atom stereocenters. The van der Waals surface area contributed by atoms with E-state index in [1.54, 1.807) is 0 Å². The molecule has 0 bridgehead atoms. The van der Waals surface area contributed by atoms with Crippen LogP contribution in [0.2, 0.25) is 0 Å². The van der Waals surface area contributed by atoms with E-state index in [0.717, 1.165) is 16.8 Å². The average Bonchev–Trinajstić information content (AvgIpc) is 2.95. The largest absolute Gasteiger partial charge is 0.354 e. The topological polar surface area (TPSA) is 15.8 Å². The highest BCUT2D eigenvalue weighted by molar-refractivity contribution is 6.02. The summed E-state index contributed by atoms with van der Waals surface area (Å²) in [4.78, 5) is 3.57. The molecule has 0 aliphatic heterocycles. The van der Waals surface area contributed by atoms with Crippen LogP contribution in [-0.4, -0.2) is 4.98 Å². The van der Waals surface area contributed by atoms with Crippen LogP contribution < -0.4 is 0 Å². The molecule has 0 atom stereocenters. The second-order valence-corrected chi connectivity index (χ2v) is 5.14. The number of nitrogens with one attached hydrogen (secondary N) is 1. The molecule has 1 heterocycles. The predicted molar refractivity (Wildman–Crippen MR) is 96.7 cm³/mol. The van der Waals surface area contributed by atoms with Gasteiger partial charge in [-0.25, -0.2) is 0 Å². The molecule has 108 valence electrons. The van der Waals surface area contributed by atoms with E-state index >= 15 is 0 Å². The molecular formula is C21H19N. The van der Waals surface area contributed by atoms with Crippen molar-refractivity contribution in [3.63, 3.8) is 0 Å². The highest BCUT2D eigenvalue weighted by Gasteiger charge is 2.14. The number of benzene rings is 2. The summed E-state index contributed by atoms with van der Waals surface area (Å²) >= 11 is 0. The maximum atomic E-state index is 3.85. The van der Waals surface area contributed by atoms with E-state index in [0.29, 0.717) is 0 Å². The fourth-order valence-corrected chi connectivity index (χ4v) is 2.79. The number of H-pyrrole nitrogens is 1. The third kappa shape index (κ3) is 2.53. The second kappa shape index (κ2) is 6.31. The Bertz CT molecular complexity index is 848. The molecule has 1 aromatic heterocycles. The highest BCUT2D eigenvalue weighted by Crippen LogP contribution is 2.35. The van der Waals surface area contributed by atoms with E-state index in [-0.39, 0.29) is 0 Å². The van der Waals surface area contributed by atoms with Crippen LogP contribution in [0.1, 0.15) is 12.5 Å². The van der Waals surface area contributed by atoms with Gasteiger partial charge in [0.1, 0.15) is 0 Å². The zero-order valence-electron chi connectivity index (χ0n) is 12.7. The lowest BCUT2D eigenvalue weighted by molar-refractivity contribution is 1.44. The van der Waals surface area contributed by atoms with Crippen LogP contribution in [-0.2, 0) is 0 Å². The van der Waals surface area contributed by atoms with E-state index in [1.165, 1.54) is 16.5 Å². The Morgan fingerprint density at radius 2 is 1.73 bits per heavy atom. The SMILES string of the molecule is C=C/C=C(\C=C/C)c1c(-c2ccccc2)[nH]c2ccccc12. The molecule has 3 aromatic rings. The van der Waals surface area contributed by atoms with Gasteiger partial charge in [-0.15, -0.1) is 0 Å². The molecule has 1 nitrogen and oxygen atoms in total. The van der Waals surface area contributed by atoms with Crippen LogP contribution in [0.5, 0.6) is 0 Å². The zero-order valence-corrected chi connectivity index (χ0v) is 12.7. The van der Waals surface area contributed by atoms with E-state index in [9.17, 15) is 0 Å². The van der Waals surface area contributed by atoms with Gasteiger partial charge in [-0.3, -0.25) is 0 Å². The maximum Gasteiger partial charge on any atom is 0.0544 e. The van der Waals surface area contributed by atoms with Gasteiger partial charge in [0.05, 0.1) is 5.69 Å². The number of hydrogen-bond acceptors (Lipinski definition) is 0. The summed E-state index contributed by atoms with van der Waals surface area (Å²) in [5.41, 5.74) is 5.87. The average molecular weight is 285 g/mol. The van der Waals surface area contributed by atoms with Crippen LogP contribution in [0, 0.1) is 0 Å². The summed E-state index contributed by atoms with van der Waals surface area (Å²) in [5.74, 6) is 0. The first-order valence-electron chi connectivity index (χ1n) is 7.47.